The summed E-state index contributed by atoms with van der Waals surface area (Å²) in [5, 5.41) is 13.0. The third-order valence-electron chi connectivity index (χ3n) is 6.92. The minimum Gasteiger partial charge on any atom is -0.432 e. The van der Waals surface area contributed by atoms with Crippen LogP contribution in [0.15, 0.2) is 85.1 Å². The average molecular weight is 578 g/mol. The summed E-state index contributed by atoms with van der Waals surface area (Å²) in [5.74, 6) is -1.48. The molecule has 0 aliphatic carbocycles. The van der Waals surface area contributed by atoms with E-state index in [-0.39, 0.29) is 53.3 Å². The lowest BCUT2D eigenvalue weighted by Crippen LogP contribution is -2.55. The highest BCUT2D eigenvalue weighted by molar-refractivity contribution is 6.01. The van der Waals surface area contributed by atoms with Crippen molar-refractivity contribution in [2.75, 3.05) is 6.54 Å². The smallest absolute Gasteiger partial charge is 0.432 e. The zero-order valence-electron chi connectivity index (χ0n) is 21.9. The largest absolute Gasteiger partial charge is 0.562 e. The number of carboxylic acid groups (broad SMARTS) is 1. The quantitative estimate of drug-likeness (QED) is 0.255. The van der Waals surface area contributed by atoms with E-state index >= 15 is 0 Å². The standard InChI is InChI=1S/C30H23F3N4O5/c31-30(32,33)23-8-4-7-22(27(34)38)26(23)20-9-10-25-19(15-20)12-14-37(25,29(40)41)42-21-11-13-35-24(16-21)28(39)36-17-18-5-2-1-3-6-18/h1-11,13,15-16H,12,14,17H2,(H3-,34,36,38,39,40,41)/p+1. The number of nitrogens with zero attached hydrogens (tertiary/aromatic N) is 2. The van der Waals surface area contributed by atoms with Crippen molar-refractivity contribution in [1.82, 2.24) is 14.9 Å². The summed E-state index contributed by atoms with van der Waals surface area (Å²) >= 11 is 0. The van der Waals surface area contributed by atoms with E-state index in [1.54, 1.807) is 0 Å². The van der Waals surface area contributed by atoms with Gasteiger partial charge in [0.05, 0.1) is 5.56 Å². The molecule has 3 aromatic carbocycles. The van der Waals surface area contributed by atoms with E-state index < -0.39 is 34.3 Å². The summed E-state index contributed by atoms with van der Waals surface area (Å²) in [6.45, 7) is 0.168. The van der Waals surface area contributed by atoms with Gasteiger partial charge >= 0.3 is 12.3 Å². The number of aromatic nitrogens is 1. The normalized spacial score (nSPS) is 16.0. The monoisotopic (exact) mass is 577 g/mol. The Morgan fingerprint density at radius 3 is 2.45 bits per heavy atom. The highest BCUT2D eigenvalue weighted by atomic mass is 19.4. The second-order valence-corrected chi connectivity index (χ2v) is 9.57. The average Bonchev–Trinajstić information content (AvgIpc) is 3.34. The molecule has 2 heterocycles. The highest BCUT2D eigenvalue weighted by Gasteiger charge is 2.50. The van der Waals surface area contributed by atoms with Crippen LogP contribution in [0.3, 0.4) is 0 Å². The van der Waals surface area contributed by atoms with E-state index in [9.17, 15) is 32.7 Å². The molecule has 3 amide bonds. The van der Waals surface area contributed by atoms with Crippen LogP contribution in [0.5, 0.6) is 5.75 Å². The lowest BCUT2D eigenvalue weighted by Gasteiger charge is -2.26. The first-order valence-electron chi connectivity index (χ1n) is 12.7. The van der Waals surface area contributed by atoms with Crippen molar-refractivity contribution in [3.8, 4) is 16.9 Å². The van der Waals surface area contributed by atoms with E-state index in [1.165, 1.54) is 42.6 Å². The fourth-order valence-electron chi connectivity index (χ4n) is 4.97. The number of carbonyl (C=O) groups excluding carboxylic acids is 2. The molecule has 1 aromatic heterocycles. The number of pyridine rings is 1. The molecule has 0 saturated carbocycles. The summed E-state index contributed by atoms with van der Waals surface area (Å²) < 4.78 is 40.6. The number of alkyl halides is 3. The first-order chi connectivity index (χ1) is 20.0. The summed E-state index contributed by atoms with van der Waals surface area (Å²) in [6.07, 6.45) is -4.69. The van der Waals surface area contributed by atoms with E-state index in [0.29, 0.717) is 5.56 Å². The van der Waals surface area contributed by atoms with Crippen LogP contribution >= 0.6 is 0 Å². The molecule has 42 heavy (non-hydrogen) atoms. The van der Waals surface area contributed by atoms with E-state index in [4.69, 9.17) is 10.6 Å². The Balaban J connectivity index is 1.46. The van der Waals surface area contributed by atoms with Crippen LogP contribution in [-0.2, 0) is 19.1 Å². The maximum Gasteiger partial charge on any atom is 0.562 e. The lowest BCUT2D eigenvalue weighted by molar-refractivity contribution is -0.137. The first kappa shape index (κ1) is 28.3. The molecular formula is C30H24F3N4O5+. The summed E-state index contributed by atoms with van der Waals surface area (Å²) in [6, 6.07) is 19.2. The van der Waals surface area contributed by atoms with Gasteiger partial charge in [-0.1, -0.05) is 36.4 Å². The fraction of sp³-hybridized carbons (Fsp3) is 0.133. The maximum absolute atomic E-state index is 13.9. The number of hydrogen-bond donors (Lipinski definition) is 3. The van der Waals surface area contributed by atoms with Crippen molar-refractivity contribution in [2.24, 2.45) is 5.73 Å². The molecule has 0 radical (unpaired) electrons. The number of nitrogens with two attached hydrogens (primary N) is 1. The Labute approximate surface area is 237 Å². The third kappa shape index (κ3) is 5.39. The Kier molecular flexibility index (Phi) is 7.40. The number of quaternary nitrogens is 1. The number of hydrogen-bond acceptors (Lipinski definition) is 5. The molecule has 214 valence electrons. The van der Waals surface area contributed by atoms with Gasteiger partial charge in [-0.05, 0) is 40.0 Å². The van der Waals surface area contributed by atoms with Gasteiger partial charge in [-0.15, -0.1) is 0 Å². The minimum absolute atomic E-state index is 0.00415. The van der Waals surface area contributed by atoms with Crippen LogP contribution in [0.25, 0.3) is 11.1 Å². The molecule has 0 saturated heterocycles. The molecular weight excluding hydrogens is 553 g/mol. The van der Waals surface area contributed by atoms with Gasteiger partial charge in [0.25, 0.3) is 5.91 Å². The molecule has 0 fully saturated rings. The Bertz CT molecular complexity index is 1690. The number of amides is 3. The summed E-state index contributed by atoms with van der Waals surface area (Å²) in [5.41, 5.74) is 5.18. The second-order valence-electron chi connectivity index (χ2n) is 9.57. The van der Waals surface area contributed by atoms with Crippen LogP contribution in [0.1, 0.15) is 37.5 Å². The van der Waals surface area contributed by atoms with Crippen molar-refractivity contribution in [2.45, 2.75) is 19.1 Å². The molecule has 0 spiro atoms. The molecule has 1 aliphatic heterocycles. The molecule has 12 heteroatoms. The Hall–Kier alpha value is -5.23. The summed E-state index contributed by atoms with van der Waals surface area (Å²) in [7, 11) is 0. The van der Waals surface area contributed by atoms with Crippen molar-refractivity contribution < 1.29 is 37.5 Å². The Morgan fingerprint density at radius 1 is 1.00 bits per heavy atom. The van der Waals surface area contributed by atoms with E-state index in [1.807, 2.05) is 30.3 Å². The number of fused-ring (bicyclic) bond motifs is 1. The van der Waals surface area contributed by atoms with Crippen molar-refractivity contribution >= 4 is 23.6 Å². The molecule has 9 nitrogen and oxygen atoms in total. The molecule has 1 unspecified atom stereocenters. The van der Waals surface area contributed by atoms with Crippen LogP contribution in [0, 0.1) is 0 Å². The van der Waals surface area contributed by atoms with Crippen LogP contribution in [-0.4, -0.2) is 34.5 Å². The van der Waals surface area contributed by atoms with Crippen LogP contribution in [0.4, 0.5) is 23.7 Å². The number of halogens is 3. The zero-order chi connectivity index (χ0) is 30.1. The highest BCUT2D eigenvalue weighted by Crippen LogP contribution is 2.43. The molecule has 4 N–H and O–H groups in total. The number of nitrogens with one attached hydrogen (secondary N) is 1. The first-order valence-corrected chi connectivity index (χ1v) is 12.7. The predicted molar refractivity (Wildman–Crippen MR) is 146 cm³/mol. The van der Waals surface area contributed by atoms with E-state index in [2.05, 4.69) is 10.3 Å². The van der Waals surface area contributed by atoms with Gasteiger partial charge in [0, 0.05) is 54.1 Å². The minimum atomic E-state index is -4.77. The molecule has 4 aromatic rings. The lowest BCUT2D eigenvalue weighted by atomic mass is 9.92. The summed E-state index contributed by atoms with van der Waals surface area (Å²) in [4.78, 5) is 47.3. The van der Waals surface area contributed by atoms with Gasteiger partial charge in [-0.2, -0.15) is 18.0 Å². The molecule has 0 bridgehead atoms. The fourth-order valence-corrected chi connectivity index (χ4v) is 4.97. The van der Waals surface area contributed by atoms with E-state index in [0.717, 1.165) is 17.7 Å². The van der Waals surface area contributed by atoms with Crippen molar-refractivity contribution in [1.29, 1.82) is 0 Å². The number of carbonyl (C=O) groups is 3. The van der Waals surface area contributed by atoms with Gasteiger partial charge in [0.1, 0.15) is 12.2 Å². The molecule has 5 rings (SSSR count). The van der Waals surface area contributed by atoms with Gasteiger partial charge in [0.2, 0.25) is 5.91 Å². The maximum atomic E-state index is 13.9. The van der Waals surface area contributed by atoms with Gasteiger partial charge in [-0.25, -0.2) is 0 Å². The number of benzene rings is 3. The van der Waals surface area contributed by atoms with Gasteiger partial charge in [0.15, 0.2) is 11.4 Å². The third-order valence-corrected chi connectivity index (χ3v) is 6.92. The Morgan fingerprint density at radius 2 is 1.76 bits per heavy atom. The SMILES string of the molecule is NC(=O)c1cccc(C(F)(F)F)c1-c1ccc2c(c1)CC[N+]2(Oc1ccnc(C(=O)NCc2ccccc2)c1)C(=O)O. The van der Waals surface area contributed by atoms with Crippen LogP contribution < -0.4 is 20.5 Å². The zero-order valence-corrected chi connectivity index (χ0v) is 21.9. The van der Waals surface area contributed by atoms with Crippen LogP contribution in [0.2, 0.25) is 0 Å². The van der Waals surface area contributed by atoms with Gasteiger partial charge in [-0.3, -0.25) is 19.4 Å². The topological polar surface area (TPSA) is 132 Å². The van der Waals surface area contributed by atoms with Gasteiger partial charge < -0.3 is 16.2 Å². The number of rotatable bonds is 7. The molecule has 1 aliphatic rings. The number of primary amides is 1. The second kappa shape index (κ2) is 11.0. The van der Waals surface area contributed by atoms with Crippen molar-refractivity contribution in [3.05, 3.63) is 113 Å². The van der Waals surface area contributed by atoms with Crippen molar-refractivity contribution in [3.63, 3.8) is 0 Å². The number of hydroxylamine groups is 2. The predicted octanol–water partition coefficient (Wildman–Crippen LogP) is 5.33. The molecule has 1 atom stereocenters.